The summed E-state index contributed by atoms with van der Waals surface area (Å²) < 4.78 is 37.8. The number of aliphatic hydroxyl groups excluding tert-OH is 1. The first-order chi connectivity index (χ1) is 13.0. The van der Waals surface area contributed by atoms with Crippen molar-refractivity contribution in [3.63, 3.8) is 0 Å². The minimum atomic E-state index is -5.08. The molecule has 1 saturated heterocycles. The second-order valence-electron chi connectivity index (χ2n) is 7.50. The maximum absolute atomic E-state index is 11.0. The number of aliphatic hydroxyl groups is 1. The van der Waals surface area contributed by atoms with E-state index in [4.69, 9.17) is 20.4 Å². The lowest BCUT2D eigenvalue weighted by atomic mass is 9.88. The van der Waals surface area contributed by atoms with Gasteiger partial charge in [-0.15, -0.1) is 0 Å². The molecule has 0 bridgehead atoms. The first kappa shape index (κ1) is 24.6. The maximum Gasteiger partial charge on any atom is 0.490 e. The molecule has 0 spiro atoms. The summed E-state index contributed by atoms with van der Waals surface area (Å²) in [5.41, 5.74) is 5.15. The van der Waals surface area contributed by atoms with Gasteiger partial charge in [-0.1, -0.05) is 19.8 Å². The molecule has 0 aromatic carbocycles. The number of aliphatic carboxylic acids is 1. The lowest BCUT2D eigenvalue weighted by Crippen LogP contribution is -2.43. The van der Waals surface area contributed by atoms with Gasteiger partial charge in [0.15, 0.2) is 0 Å². The van der Waals surface area contributed by atoms with Crippen molar-refractivity contribution in [3.05, 3.63) is 0 Å². The summed E-state index contributed by atoms with van der Waals surface area (Å²) in [4.78, 5) is 22.3. The van der Waals surface area contributed by atoms with Gasteiger partial charge in [-0.3, -0.25) is 4.79 Å². The van der Waals surface area contributed by atoms with E-state index in [1.54, 1.807) is 0 Å². The Balaban J connectivity index is 0.000000480. The lowest BCUT2D eigenvalue weighted by molar-refractivity contribution is -0.192. The monoisotopic (exact) mass is 412 g/mol. The number of piperidine rings is 1. The van der Waals surface area contributed by atoms with Gasteiger partial charge in [0.25, 0.3) is 0 Å². The van der Waals surface area contributed by atoms with E-state index >= 15 is 0 Å². The molecule has 2 rings (SSSR count). The Bertz CT molecular complexity index is 496. The molecular weight excluding hydrogens is 381 g/mol. The first-order valence-electron chi connectivity index (χ1n) is 9.63. The van der Waals surface area contributed by atoms with Crippen LogP contribution in [0, 0.1) is 11.8 Å². The van der Waals surface area contributed by atoms with Crippen LogP contribution in [-0.4, -0.2) is 71.6 Å². The van der Waals surface area contributed by atoms with Crippen molar-refractivity contribution in [2.24, 2.45) is 17.6 Å². The molecule has 1 heterocycles. The van der Waals surface area contributed by atoms with Crippen molar-refractivity contribution in [2.75, 3.05) is 26.2 Å². The summed E-state index contributed by atoms with van der Waals surface area (Å²) in [5, 5.41) is 16.8. The number of nitrogens with two attached hydrogens (primary N) is 1. The SMILES string of the molecule is CC1CCCCC1OCCN1CCC(C(O)C(N)=O)CC1.O=C(O)C(F)(F)F. The summed E-state index contributed by atoms with van der Waals surface area (Å²) in [7, 11) is 0. The smallest absolute Gasteiger partial charge is 0.475 e. The molecule has 164 valence electrons. The molecule has 1 amide bonds. The molecule has 3 unspecified atom stereocenters. The summed E-state index contributed by atoms with van der Waals surface area (Å²) >= 11 is 0. The molecular formula is C18H31F3N2O5. The fourth-order valence-electron chi connectivity index (χ4n) is 3.59. The zero-order valence-electron chi connectivity index (χ0n) is 16.2. The zero-order valence-corrected chi connectivity index (χ0v) is 16.2. The Labute approximate surface area is 163 Å². The van der Waals surface area contributed by atoms with Crippen molar-refractivity contribution < 1.29 is 37.7 Å². The second-order valence-corrected chi connectivity index (χ2v) is 7.50. The predicted molar refractivity (Wildman–Crippen MR) is 95.4 cm³/mol. The van der Waals surface area contributed by atoms with Crippen LogP contribution in [0.5, 0.6) is 0 Å². The van der Waals surface area contributed by atoms with Crippen LogP contribution in [0.15, 0.2) is 0 Å². The van der Waals surface area contributed by atoms with E-state index in [0.29, 0.717) is 12.0 Å². The lowest BCUT2D eigenvalue weighted by Gasteiger charge is -2.34. The highest BCUT2D eigenvalue weighted by Gasteiger charge is 2.38. The fraction of sp³-hybridized carbons (Fsp3) is 0.889. The Kier molecular flexibility index (Phi) is 10.2. The van der Waals surface area contributed by atoms with E-state index in [-0.39, 0.29) is 5.92 Å². The molecule has 2 fully saturated rings. The molecule has 0 aromatic rings. The van der Waals surface area contributed by atoms with E-state index in [2.05, 4.69) is 11.8 Å². The largest absolute Gasteiger partial charge is 0.490 e. The Morgan fingerprint density at radius 1 is 1.18 bits per heavy atom. The number of primary amides is 1. The molecule has 1 aliphatic heterocycles. The third kappa shape index (κ3) is 8.74. The fourth-order valence-corrected chi connectivity index (χ4v) is 3.59. The van der Waals surface area contributed by atoms with Gasteiger partial charge in [-0.25, -0.2) is 4.79 Å². The minimum absolute atomic E-state index is 0.0260. The number of carboxylic acid groups (broad SMARTS) is 1. The maximum atomic E-state index is 11.0. The number of ether oxygens (including phenoxy) is 1. The quantitative estimate of drug-likeness (QED) is 0.613. The summed E-state index contributed by atoms with van der Waals surface area (Å²) in [6.07, 6.45) is 1.19. The molecule has 4 N–H and O–H groups in total. The number of hydrogen-bond acceptors (Lipinski definition) is 5. The number of alkyl halides is 3. The van der Waals surface area contributed by atoms with Crippen molar-refractivity contribution in [2.45, 2.75) is 63.8 Å². The van der Waals surface area contributed by atoms with E-state index in [1.807, 2.05) is 0 Å². The summed E-state index contributed by atoms with van der Waals surface area (Å²) in [6.45, 7) is 5.86. The highest BCUT2D eigenvalue weighted by atomic mass is 19.4. The normalized spacial score (nSPS) is 25.5. The number of nitrogens with zero attached hydrogens (tertiary/aromatic N) is 1. The Morgan fingerprint density at radius 3 is 2.18 bits per heavy atom. The van der Waals surface area contributed by atoms with Gasteiger partial charge >= 0.3 is 12.1 Å². The van der Waals surface area contributed by atoms with Gasteiger partial charge < -0.3 is 25.6 Å². The van der Waals surface area contributed by atoms with Crippen molar-refractivity contribution in [1.82, 2.24) is 4.90 Å². The van der Waals surface area contributed by atoms with Crippen LogP contribution >= 0.6 is 0 Å². The van der Waals surface area contributed by atoms with Crippen LogP contribution in [0.1, 0.15) is 45.4 Å². The highest BCUT2D eigenvalue weighted by Crippen LogP contribution is 2.26. The van der Waals surface area contributed by atoms with Gasteiger partial charge in [-0.2, -0.15) is 13.2 Å². The third-order valence-corrected chi connectivity index (χ3v) is 5.38. The van der Waals surface area contributed by atoms with Gasteiger partial charge in [0.1, 0.15) is 6.10 Å². The number of hydrogen-bond donors (Lipinski definition) is 3. The molecule has 1 saturated carbocycles. The highest BCUT2D eigenvalue weighted by molar-refractivity contribution is 5.78. The number of carbonyl (C=O) groups is 2. The van der Waals surface area contributed by atoms with Crippen molar-refractivity contribution in [1.29, 1.82) is 0 Å². The Hall–Kier alpha value is -1.39. The minimum Gasteiger partial charge on any atom is -0.475 e. The second kappa shape index (κ2) is 11.6. The molecule has 0 aromatic heterocycles. The average molecular weight is 412 g/mol. The zero-order chi connectivity index (χ0) is 21.3. The summed E-state index contributed by atoms with van der Waals surface area (Å²) in [5.74, 6) is -2.64. The summed E-state index contributed by atoms with van der Waals surface area (Å²) in [6, 6.07) is 0. The standard InChI is InChI=1S/C16H30N2O3.C2HF3O2/c1-12-4-2-3-5-14(12)21-11-10-18-8-6-13(7-9-18)15(19)16(17)20;3-2(4,5)1(6)7/h12-15,19H,2-11H2,1H3,(H2,17,20);(H,6,7). The number of amides is 1. The van der Waals surface area contributed by atoms with Gasteiger partial charge in [-0.05, 0) is 50.6 Å². The topological polar surface area (TPSA) is 113 Å². The Morgan fingerprint density at radius 2 is 1.71 bits per heavy atom. The van der Waals surface area contributed by atoms with Crippen LogP contribution in [0.4, 0.5) is 13.2 Å². The van der Waals surface area contributed by atoms with Crippen LogP contribution in [0.3, 0.4) is 0 Å². The molecule has 2 aliphatic rings. The van der Waals surface area contributed by atoms with Crippen LogP contribution in [0.25, 0.3) is 0 Å². The predicted octanol–water partition coefficient (Wildman–Crippen LogP) is 1.77. The van der Waals surface area contributed by atoms with Crippen molar-refractivity contribution >= 4 is 11.9 Å². The molecule has 0 radical (unpaired) electrons. The van der Waals surface area contributed by atoms with Gasteiger partial charge in [0, 0.05) is 6.54 Å². The van der Waals surface area contributed by atoms with Crippen LogP contribution in [0.2, 0.25) is 0 Å². The molecule has 3 atom stereocenters. The molecule has 28 heavy (non-hydrogen) atoms. The van der Waals surface area contributed by atoms with Crippen LogP contribution in [-0.2, 0) is 14.3 Å². The molecule has 10 heteroatoms. The molecule has 7 nitrogen and oxygen atoms in total. The van der Waals surface area contributed by atoms with Gasteiger partial charge in [0.2, 0.25) is 5.91 Å². The van der Waals surface area contributed by atoms with Crippen LogP contribution < -0.4 is 5.73 Å². The van der Waals surface area contributed by atoms with E-state index < -0.39 is 24.2 Å². The number of halogens is 3. The van der Waals surface area contributed by atoms with E-state index in [0.717, 1.165) is 39.1 Å². The average Bonchev–Trinajstić information content (AvgIpc) is 2.63. The molecule has 1 aliphatic carbocycles. The number of carbonyl (C=O) groups excluding carboxylic acids is 1. The van der Waals surface area contributed by atoms with Crippen molar-refractivity contribution in [3.8, 4) is 0 Å². The van der Waals surface area contributed by atoms with E-state index in [1.165, 1.54) is 25.7 Å². The van der Waals surface area contributed by atoms with E-state index in [9.17, 15) is 23.1 Å². The third-order valence-electron chi connectivity index (χ3n) is 5.38. The first-order valence-corrected chi connectivity index (χ1v) is 9.63. The van der Waals surface area contributed by atoms with Gasteiger partial charge in [0.05, 0.1) is 12.7 Å². The number of likely N-dealkylation sites (tertiary alicyclic amines) is 1. The number of carboxylic acids is 1. The number of rotatable bonds is 6.